The summed E-state index contributed by atoms with van der Waals surface area (Å²) in [7, 11) is 0. The first-order valence-corrected chi connectivity index (χ1v) is 9.91. The number of para-hydroxylation sites is 2. The topological polar surface area (TPSA) is 95.6 Å². The summed E-state index contributed by atoms with van der Waals surface area (Å²) in [4.78, 5) is 29.6. The summed E-state index contributed by atoms with van der Waals surface area (Å²) in [5, 5.41) is 6.19. The first kappa shape index (κ1) is 19.6. The van der Waals surface area contributed by atoms with E-state index in [-0.39, 0.29) is 5.91 Å². The summed E-state index contributed by atoms with van der Waals surface area (Å²) in [6.07, 6.45) is 0.517. The highest BCUT2D eigenvalue weighted by Gasteiger charge is 2.20. The van der Waals surface area contributed by atoms with E-state index in [2.05, 4.69) is 30.6 Å². The fourth-order valence-electron chi connectivity index (χ4n) is 3.39. The largest absolute Gasteiger partial charge is 0.347 e. The number of nitrogens with zero attached hydrogens (tertiary/aromatic N) is 3. The van der Waals surface area contributed by atoms with Crippen molar-refractivity contribution in [2.24, 2.45) is 0 Å². The summed E-state index contributed by atoms with van der Waals surface area (Å²) < 4.78 is 0. The Hall–Kier alpha value is -3.74. The minimum Gasteiger partial charge on any atom is -0.347 e. The second-order valence-electron chi connectivity index (χ2n) is 7.28. The van der Waals surface area contributed by atoms with E-state index in [9.17, 15) is 4.79 Å². The highest BCUT2D eigenvalue weighted by Crippen LogP contribution is 2.12. The fraction of sp³-hybridized carbons (Fsp3) is 0.217. The van der Waals surface area contributed by atoms with Crippen LogP contribution in [0.25, 0.3) is 11.0 Å². The first-order valence-electron chi connectivity index (χ1n) is 9.91. The van der Waals surface area contributed by atoms with Crippen molar-refractivity contribution in [2.45, 2.75) is 32.9 Å². The van der Waals surface area contributed by atoms with Gasteiger partial charge in [-0.1, -0.05) is 42.5 Å². The highest BCUT2D eigenvalue weighted by atomic mass is 16.2. The maximum Gasteiger partial charge on any atom is 0.243 e. The van der Waals surface area contributed by atoms with Crippen molar-refractivity contribution in [1.82, 2.24) is 25.3 Å². The number of rotatable bonds is 7. The number of aromatic amines is 1. The van der Waals surface area contributed by atoms with E-state index in [1.807, 2.05) is 74.5 Å². The van der Waals surface area contributed by atoms with Crippen LogP contribution < -0.4 is 10.6 Å². The van der Waals surface area contributed by atoms with Crippen LogP contribution in [0.5, 0.6) is 0 Å². The molecule has 3 N–H and O–H groups in total. The molecule has 4 aromatic rings. The summed E-state index contributed by atoms with van der Waals surface area (Å²) in [6, 6.07) is 19.1. The van der Waals surface area contributed by atoms with Gasteiger partial charge < -0.3 is 15.6 Å². The predicted molar refractivity (Wildman–Crippen MR) is 117 cm³/mol. The van der Waals surface area contributed by atoms with E-state index >= 15 is 0 Å². The molecule has 0 aliphatic carbocycles. The lowest BCUT2D eigenvalue weighted by molar-refractivity contribution is -0.122. The molecule has 0 saturated heterocycles. The third kappa shape index (κ3) is 4.81. The fourth-order valence-corrected chi connectivity index (χ4v) is 3.39. The number of imidazole rings is 1. The molecule has 0 aliphatic heterocycles. The molecule has 0 radical (unpaired) electrons. The number of hydrogen-bond donors (Lipinski definition) is 3. The van der Waals surface area contributed by atoms with Crippen LogP contribution >= 0.6 is 0 Å². The molecule has 2 aromatic heterocycles. The zero-order chi connectivity index (χ0) is 20.9. The number of carbonyl (C=O) groups excluding carboxylic acids is 1. The molecule has 2 aromatic carbocycles. The minimum absolute atomic E-state index is 0.137. The van der Waals surface area contributed by atoms with Crippen molar-refractivity contribution in [3.63, 3.8) is 0 Å². The first-order chi connectivity index (χ1) is 14.6. The number of anilines is 1. The van der Waals surface area contributed by atoms with E-state index < -0.39 is 6.04 Å². The van der Waals surface area contributed by atoms with Gasteiger partial charge in [-0.15, -0.1) is 0 Å². The summed E-state index contributed by atoms with van der Waals surface area (Å²) >= 11 is 0. The SMILES string of the molecule is Cc1cc(C)nc(N[C@@H](Cc2ccccc2)C(=O)NCc2nc3ccccc3[nH]2)n1. The molecule has 152 valence electrons. The molecule has 1 amide bonds. The van der Waals surface area contributed by atoms with Gasteiger partial charge in [-0.05, 0) is 37.6 Å². The number of nitrogens with one attached hydrogen (secondary N) is 3. The number of benzene rings is 2. The lowest BCUT2D eigenvalue weighted by Gasteiger charge is -2.19. The Bertz CT molecular complexity index is 1100. The summed E-state index contributed by atoms with van der Waals surface area (Å²) in [5.74, 6) is 1.03. The molecule has 4 rings (SSSR count). The molecular weight excluding hydrogens is 376 g/mol. The zero-order valence-corrected chi connectivity index (χ0v) is 17.0. The van der Waals surface area contributed by atoms with Crippen molar-refractivity contribution < 1.29 is 4.79 Å². The van der Waals surface area contributed by atoms with Crippen LogP contribution in [-0.2, 0) is 17.8 Å². The van der Waals surface area contributed by atoms with Crippen molar-refractivity contribution in [3.8, 4) is 0 Å². The van der Waals surface area contributed by atoms with E-state index in [4.69, 9.17) is 0 Å². The Balaban J connectivity index is 1.50. The molecule has 0 unspecified atom stereocenters. The molecule has 0 spiro atoms. The van der Waals surface area contributed by atoms with Crippen molar-refractivity contribution in [2.75, 3.05) is 5.32 Å². The number of amides is 1. The normalized spacial score (nSPS) is 11.9. The Morgan fingerprint density at radius 1 is 0.967 bits per heavy atom. The Kier molecular flexibility index (Phi) is 5.70. The molecule has 0 fully saturated rings. The maximum atomic E-state index is 13.0. The second kappa shape index (κ2) is 8.73. The van der Waals surface area contributed by atoms with Crippen LogP contribution in [0.3, 0.4) is 0 Å². The van der Waals surface area contributed by atoms with Crippen molar-refractivity contribution >= 4 is 22.9 Å². The standard InChI is InChI=1S/C23H24N6O/c1-15-12-16(2)26-23(25-15)29-20(13-17-8-4-3-5-9-17)22(30)24-14-21-27-18-10-6-7-11-19(18)28-21/h3-12,20H,13-14H2,1-2H3,(H,24,30)(H,27,28)(H,25,26,29)/t20-/m0/s1. The molecule has 0 saturated carbocycles. The average molecular weight is 400 g/mol. The van der Waals surface area contributed by atoms with Crippen LogP contribution in [0, 0.1) is 13.8 Å². The lowest BCUT2D eigenvalue weighted by atomic mass is 10.1. The van der Waals surface area contributed by atoms with Gasteiger partial charge in [0.15, 0.2) is 0 Å². The molecule has 30 heavy (non-hydrogen) atoms. The number of fused-ring (bicyclic) bond motifs is 1. The van der Waals surface area contributed by atoms with E-state index in [1.165, 1.54) is 0 Å². The van der Waals surface area contributed by atoms with Crippen LogP contribution in [0.2, 0.25) is 0 Å². The summed E-state index contributed by atoms with van der Waals surface area (Å²) in [5.41, 5.74) is 4.59. The van der Waals surface area contributed by atoms with Gasteiger partial charge in [-0.25, -0.2) is 15.0 Å². The quantitative estimate of drug-likeness (QED) is 0.442. The molecule has 0 bridgehead atoms. The van der Waals surface area contributed by atoms with Gasteiger partial charge in [0.1, 0.15) is 11.9 Å². The van der Waals surface area contributed by atoms with Gasteiger partial charge >= 0.3 is 0 Å². The number of aromatic nitrogens is 4. The Morgan fingerprint density at radius 3 is 2.40 bits per heavy atom. The van der Waals surface area contributed by atoms with Gasteiger partial charge in [0, 0.05) is 17.8 Å². The number of carbonyl (C=O) groups is 1. The third-order valence-electron chi connectivity index (χ3n) is 4.75. The molecule has 2 heterocycles. The zero-order valence-electron chi connectivity index (χ0n) is 17.0. The van der Waals surface area contributed by atoms with Gasteiger partial charge in [-0.3, -0.25) is 4.79 Å². The third-order valence-corrected chi connectivity index (χ3v) is 4.75. The van der Waals surface area contributed by atoms with E-state index in [1.54, 1.807) is 0 Å². The molecule has 7 nitrogen and oxygen atoms in total. The maximum absolute atomic E-state index is 13.0. The van der Waals surface area contributed by atoms with Crippen LogP contribution in [0.4, 0.5) is 5.95 Å². The number of aryl methyl sites for hydroxylation is 2. The molecule has 7 heteroatoms. The second-order valence-corrected chi connectivity index (χ2v) is 7.28. The van der Waals surface area contributed by atoms with Gasteiger partial charge in [-0.2, -0.15) is 0 Å². The van der Waals surface area contributed by atoms with Crippen molar-refractivity contribution in [1.29, 1.82) is 0 Å². The Labute approximate surface area is 175 Å². The van der Waals surface area contributed by atoms with E-state index in [0.29, 0.717) is 24.7 Å². The van der Waals surface area contributed by atoms with Crippen molar-refractivity contribution in [3.05, 3.63) is 83.4 Å². The average Bonchev–Trinajstić information content (AvgIpc) is 3.14. The Morgan fingerprint density at radius 2 is 1.67 bits per heavy atom. The van der Waals surface area contributed by atoms with Crippen LogP contribution in [-0.4, -0.2) is 31.9 Å². The van der Waals surface area contributed by atoms with Gasteiger partial charge in [0.05, 0.1) is 17.6 Å². The lowest BCUT2D eigenvalue weighted by Crippen LogP contribution is -2.41. The van der Waals surface area contributed by atoms with E-state index in [0.717, 1.165) is 28.0 Å². The highest BCUT2D eigenvalue weighted by molar-refractivity contribution is 5.84. The molecule has 0 aliphatic rings. The monoisotopic (exact) mass is 400 g/mol. The summed E-state index contributed by atoms with van der Waals surface area (Å²) in [6.45, 7) is 4.13. The number of hydrogen-bond acceptors (Lipinski definition) is 5. The molecule has 1 atom stereocenters. The van der Waals surface area contributed by atoms with Crippen LogP contribution in [0.1, 0.15) is 22.8 Å². The van der Waals surface area contributed by atoms with Gasteiger partial charge in [0.2, 0.25) is 11.9 Å². The van der Waals surface area contributed by atoms with Crippen LogP contribution in [0.15, 0.2) is 60.7 Å². The number of H-pyrrole nitrogens is 1. The minimum atomic E-state index is -0.516. The smallest absolute Gasteiger partial charge is 0.243 e. The van der Waals surface area contributed by atoms with Gasteiger partial charge in [0.25, 0.3) is 0 Å². The molecular formula is C23H24N6O. The predicted octanol–water partition coefficient (Wildman–Crippen LogP) is 3.31.